The normalized spacial score (nSPS) is 18.0. The molecule has 2 N–H and O–H groups in total. The van der Waals surface area contributed by atoms with E-state index < -0.39 is 0 Å². The van der Waals surface area contributed by atoms with Gasteiger partial charge in [-0.1, -0.05) is 40.4 Å². The van der Waals surface area contributed by atoms with E-state index in [9.17, 15) is 0 Å². The lowest BCUT2D eigenvalue weighted by molar-refractivity contribution is 0.722. The minimum absolute atomic E-state index is 0.444. The zero-order chi connectivity index (χ0) is 11.5. The minimum atomic E-state index is 0.444. The smallest absolute Gasteiger partial charge is 0.103 e. The molecule has 0 heterocycles. The highest BCUT2D eigenvalue weighted by molar-refractivity contribution is 9.10. The van der Waals surface area contributed by atoms with Gasteiger partial charge in [0.25, 0.3) is 0 Å². The van der Waals surface area contributed by atoms with Crippen LogP contribution in [-0.4, -0.2) is 5.84 Å². The molecule has 1 aromatic rings. The third kappa shape index (κ3) is 2.77. The van der Waals surface area contributed by atoms with Crippen molar-refractivity contribution in [2.24, 2.45) is 16.6 Å². The third-order valence-corrected chi connectivity index (χ3v) is 3.73. The Hall–Kier alpha value is -0.540. The fraction of sp³-hybridized carbons (Fsp3) is 0.417. The van der Waals surface area contributed by atoms with Crippen LogP contribution in [0.15, 0.2) is 27.7 Å². The summed E-state index contributed by atoms with van der Waals surface area (Å²) in [6.07, 6.45) is 4.83. The number of nitrogens with two attached hydrogens (primary N) is 1. The molecule has 16 heavy (non-hydrogen) atoms. The Morgan fingerprint density at radius 2 is 2.06 bits per heavy atom. The minimum Gasteiger partial charge on any atom is -0.387 e. The lowest BCUT2D eigenvalue weighted by Gasteiger charge is -2.08. The van der Waals surface area contributed by atoms with Crippen molar-refractivity contribution in [3.05, 3.63) is 27.7 Å². The Labute approximate surface area is 109 Å². The molecule has 0 bridgehead atoms. The van der Waals surface area contributed by atoms with Gasteiger partial charge >= 0.3 is 0 Å². The van der Waals surface area contributed by atoms with Gasteiger partial charge < -0.3 is 5.73 Å². The van der Waals surface area contributed by atoms with Gasteiger partial charge in [-0.2, -0.15) is 0 Å². The highest BCUT2D eigenvalue weighted by atomic mass is 79.9. The van der Waals surface area contributed by atoms with E-state index in [-0.39, 0.29) is 0 Å². The molecule has 0 saturated heterocycles. The number of rotatable bonds is 2. The molecule has 0 aromatic heterocycles. The quantitative estimate of drug-likeness (QED) is 0.642. The van der Waals surface area contributed by atoms with Crippen molar-refractivity contribution in [3.8, 4) is 0 Å². The molecular weight excluding hydrogens is 288 g/mol. The molecule has 1 fully saturated rings. The predicted molar refractivity (Wildman–Crippen MR) is 72.4 cm³/mol. The summed E-state index contributed by atoms with van der Waals surface area (Å²) in [5.41, 5.74) is 6.76. The highest BCUT2D eigenvalue weighted by Crippen LogP contribution is 2.30. The Kier molecular flexibility index (Phi) is 3.87. The number of hydrogen-bond acceptors (Lipinski definition) is 1. The van der Waals surface area contributed by atoms with Gasteiger partial charge in [0.05, 0.1) is 10.7 Å². The molecular formula is C12H14BrClN2. The van der Waals surface area contributed by atoms with Crippen molar-refractivity contribution in [2.45, 2.75) is 25.7 Å². The molecule has 1 saturated carbocycles. The largest absolute Gasteiger partial charge is 0.387 e. The van der Waals surface area contributed by atoms with Gasteiger partial charge in [0, 0.05) is 10.4 Å². The zero-order valence-electron chi connectivity index (χ0n) is 8.92. The molecule has 0 amide bonds. The molecule has 1 aliphatic rings. The molecule has 0 spiro atoms. The number of halogens is 2. The molecule has 1 aromatic carbocycles. The number of aliphatic imine (C=N–C) groups is 1. The lowest BCUT2D eigenvalue weighted by Crippen LogP contribution is -2.20. The SMILES string of the molecule is NC(=Nc1ccc(Br)cc1Cl)C1CCCC1. The predicted octanol–water partition coefficient (Wildman–Crippen LogP) is 4.28. The van der Waals surface area contributed by atoms with Crippen LogP contribution in [0.5, 0.6) is 0 Å². The maximum atomic E-state index is 6.09. The topological polar surface area (TPSA) is 38.4 Å². The fourth-order valence-electron chi connectivity index (χ4n) is 2.02. The summed E-state index contributed by atoms with van der Waals surface area (Å²) < 4.78 is 0.955. The average molecular weight is 302 g/mol. The van der Waals surface area contributed by atoms with Gasteiger partial charge in [-0.25, -0.2) is 4.99 Å². The van der Waals surface area contributed by atoms with Crippen LogP contribution in [0.3, 0.4) is 0 Å². The number of benzene rings is 1. The summed E-state index contributed by atoms with van der Waals surface area (Å²) in [5.74, 6) is 1.17. The van der Waals surface area contributed by atoms with Crippen molar-refractivity contribution in [3.63, 3.8) is 0 Å². The second-order valence-electron chi connectivity index (χ2n) is 4.11. The number of amidine groups is 1. The van der Waals surface area contributed by atoms with Crippen LogP contribution in [0.1, 0.15) is 25.7 Å². The van der Waals surface area contributed by atoms with Gasteiger partial charge in [0.2, 0.25) is 0 Å². The zero-order valence-corrected chi connectivity index (χ0v) is 11.3. The molecule has 2 rings (SSSR count). The molecule has 1 aliphatic carbocycles. The summed E-state index contributed by atoms with van der Waals surface area (Å²) in [7, 11) is 0. The van der Waals surface area contributed by atoms with Crippen molar-refractivity contribution in [2.75, 3.05) is 0 Å². The molecule has 0 radical (unpaired) electrons. The van der Waals surface area contributed by atoms with E-state index in [2.05, 4.69) is 20.9 Å². The van der Waals surface area contributed by atoms with E-state index >= 15 is 0 Å². The van der Waals surface area contributed by atoms with Crippen LogP contribution in [0.4, 0.5) is 5.69 Å². The molecule has 86 valence electrons. The Bertz CT molecular complexity index is 411. The van der Waals surface area contributed by atoms with Crippen LogP contribution in [0.2, 0.25) is 5.02 Å². The Morgan fingerprint density at radius 1 is 1.38 bits per heavy atom. The summed E-state index contributed by atoms with van der Waals surface area (Å²) >= 11 is 9.45. The maximum absolute atomic E-state index is 6.09. The standard InChI is InChI=1S/C12H14BrClN2/c13-9-5-6-11(10(14)7-9)16-12(15)8-3-1-2-4-8/h5-8H,1-4H2,(H2,15,16). The van der Waals surface area contributed by atoms with Gasteiger partial charge in [0.15, 0.2) is 0 Å². The lowest BCUT2D eigenvalue weighted by atomic mass is 10.1. The van der Waals surface area contributed by atoms with Gasteiger partial charge in [0.1, 0.15) is 5.84 Å². The molecule has 0 aliphatic heterocycles. The summed E-state index contributed by atoms with van der Waals surface area (Å²) in [5, 5.41) is 0.635. The molecule has 0 atom stereocenters. The monoisotopic (exact) mass is 300 g/mol. The van der Waals surface area contributed by atoms with Crippen molar-refractivity contribution >= 4 is 39.1 Å². The Morgan fingerprint density at radius 3 is 2.69 bits per heavy atom. The van der Waals surface area contributed by atoms with E-state index in [1.807, 2.05) is 18.2 Å². The molecule has 0 unspecified atom stereocenters. The summed E-state index contributed by atoms with van der Waals surface area (Å²) in [4.78, 5) is 4.42. The summed E-state index contributed by atoms with van der Waals surface area (Å²) in [6, 6.07) is 5.64. The maximum Gasteiger partial charge on any atom is 0.103 e. The third-order valence-electron chi connectivity index (χ3n) is 2.93. The van der Waals surface area contributed by atoms with Crippen molar-refractivity contribution in [1.29, 1.82) is 0 Å². The summed E-state index contributed by atoms with van der Waals surface area (Å²) in [6.45, 7) is 0. The van der Waals surface area contributed by atoms with Crippen molar-refractivity contribution < 1.29 is 0 Å². The molecule has 4 heteroatoms. The highest BCUT2D eigenvalue weighted by Gasteiger charge is 2.18. The first-order chi connectivity index (χ1) is 7.66. The van der Waals surface area contributed by atoms with Crippen LogP contribution in [0, 0.1) is 5.92 Å². The van der Waals surface area contributed by atoms with Gasteiger partial charge in [-0.05, 0) is 31.0 Å². The van der Waals surface area contributed by atoms with Gasteiger partial charge in [-0.15, -0.1) is 0 Å². The van der Waals surface area contributed by atoms with E-state index in [0.717, 1.165) is 28.8 Å². The first-order valence-electron chi connectivity index (χ1n) is 5.46. The first kappa shape index (κ1) is 11.9. The van der Waals surface area contributed by atoms with Crippen LogP contribution < -0.4 is 5.73 Å². The average Bonchev–Trinajstić information content (AvgIpc) is 2.75. The van der Waals surface area contributed by atoms with Crippen LogP contribution >= 0.6 is 27.5 Å². The van der Waals surface area contributed by atoms with Crippen LogP contribution in [-0.2, 0) is 0 Å². The second kappa shape index (κ2) is 5.19. The number of nitrogens with zero attached hydrogens (tertiary/aromatic N) is 1. The van der Waals surface area contributed by atoms with E-state index in [0.29, 0.717) is 10.9 Å². The van der Waals surface area contributed by atoms with Crippen molar-refractivity contribution in [1.82, 2.24) is 0 Å². The molecule has 2 nitrogen and oxygen atoms in total. The van der Waals surface area contributed by atoms with E-state index in [1.54, 1.807) is 0 Å². The second-order valence-corrected chi connectivity index (χ2v) is 5.44. The van der Waals surface area contributed by atoms with Gasteiger partial charge in [-0.3, -0.25) is 0 Å². The van der Waals surface area contributed by atoms with Crippen LogP contribution in [0.25, 0.3) is 0 Å². The van der Waals surface area contributed by atoms with E-state index in [4.69, 9.17) is 17.3 Å². The fourth-order valence-corrected chi connectivity index (χ4v) is 2.74. The first-order valence-corrected chi connectivity index (χ1v) is 6.63. The van der Waals surface area contributed by atoms with E-state index in [1.165, 1.54) is 12.8 Å². The number of hydrogen-bond donors (Lipinski definition) is 1. The Balaban J connectivity index is 2.20.